The minimum absolute atomic E-state index is 0.113. The summed E-state index contributed by atoms with van der Waals surface area (Å²) >= 11 is 0. The maximum absolute atomic E-state index is 11.7. The molecule has 1 atom stereocenters. The number of carbonyl (C=O) groups excluding carboxylic acids is 2. The molecule has 5 nitrogen and oxygen atoms in total. The van der Waals surface area contributed by atoms with Crippen molar-refractivity contribution in [2.24, 2.45) is 0 Å². The van der Waals surface area contributed by atoms with Crippen LogP contribution < -0.4 is 0 Å². The minimum Gasteiger partial charge on any atom is -0.458 e. The lowest BCUT2D eigenvalue weighted by atomic mass is 10.1. The van der Waals surface area contributed by atoms with Crippen LogP contribution in [0, 0.1) is 0 Å². The van der Waals surface area contributed by atoms with Gasteiger partial charge in [-0.3, -0.25) is 4.79 Å². The molecule has 0 bridgehead atoms. The van der Waals surface area contributed by atoms with Crippen LogP contribution >= 0.6 is 0 Å². The van der Waals surface area contributed by atoms with Crippen LogP contribution in [-0.4, -0.2) is 36.4 Å². The van der Waals surface area contributed by atoms with Gasteiger partial charge in [-0.25, -0.2) is 4.79 Å². The zero-order valence-corrected chi connectivity index (χ0v) is 16.7. The Balaban J connectivity index is 3.80. The molecule has 26 heavy (non-hydrogen) atoms. The second-order valence-electron chi connectivity index (χ2n) is 6.69. The molecule has 0 spiro atoms. The maximum atomic E-state index is 11.7. The van der Waals surface area contributed by atoms with Gasteiger partial charge < -0.3 is 14.6 Å². The zero-order chi connectivity index (χ0) is 19.5. The van der Waals surface area contributed by atoms with Crippen molar-refractivity contribution in [1.82, 2.24) is 0 Å². The van der Waals surface area contributed by atoms with Crippen molar-refractivity contribution in [3.63, 3.8) is 0 Å². The van der Waals surface area contributed by atoms with Crippen LogP contribution in [0.25, 0.3) is 0 Å². The van der Waals surface area contributed by atoms with Gasteiger partial charge in [-0.15, -0.1) is 0 Å². The highest BCUT2D eigenvalue weighted by atomic mass is 16.6. The van der Waals surface area contributed by atoms with Gasteiger partial charge in [0.05, 0.1) is 6.61 Å². The first-order chi connectivity index (χ1) is 12.6. The van der Waals surface area contributed by atoms with Crippen molar-refractivity contribution in [3.8, 4) is 0 Å². The van der Waals surface area contributed by atoms with E-state index in [0.29, 0.717) is 6.42 Å². The second-order valence-corrected chi connectivity index (χ2v) is 6.69. The first-order valence-electron chi connectivity index (χ1n) is 10.3. The standard InChI is InChI=1S/C21H38O5/c1-3-5-7-9-10-12-13-15-20(23)25-18-19(17-22)26-21(24)16-14-11-8-6-4-2/h13,15,19,22H,3-12,14,16-18H2,1-2H3. The van der Waals surface area contributed by atoms with Crippen LogP contribution in [0.15, 0.2) is 12.2 Å². The number of aliphatic hydroxyl groups is 1. The molecule has 0 aliphatic rings. The topological polar surface area (TPSA) is 72.8 Å². The summed E-state index contributed by atoms with van der Waals surface area (Å²) in [5.74, 6) is -0.813. The number of unbranched alkanes of at least 4 members (excludes halogenated alkanes) is 9. The fraction of sp³-hybridized carbons (Fsp3) is 0.810. The van der Waals surface area contributed by atoms with Crippen LogP contribution in [0.1, 0.15) is 90.9 Å². The van der Waals surface area contributed by atoms with Crippen LogP contribution in [0.4, 0.5) is 0 Å². The highest BCUT2D eigenvalue weighted by Crippen LogP contribution is 2.07. The molecule has 1 unspecified atom stereocenters. The van der Waals surface area contributed by atoms with E-state index in [0.717, 1.165) is 38.5 Å². The van der Waals surface area contributed by atoms with Crippen LogP contribution in [-0.2, 0) is 19.1 Å². The van der Waals surface area contributed by atoms with E-state index in [9.17, 15) is 14.7 Å². The molecule has 152 valence electrons. The predicted molar refractivity (Wildman–Crippen MR) is 104 cm³/mol. The largest absolute Gasteiger partial charge is 0.458 e. The number of hydrogen-bond donors (Lipinski definition) is 1. The SMILES string of the molecule is CCCCCCCC=CC(=O)OCC(CO)OC(=O)CCCCCCC. The first-order valence-corrected chi connectivity index (χ1v) is 10.3. The van der Waals surface area contributed by atoms with E-state index in [4.69, 9.17) is 9.47 Å². The van der Waals surface area contributed by atoms with Gasteiger partial charge in [-0.2, -0.15) is 0 Å². The second kappa shape index (κ2) is 18.4. The third-order valence-corrected chi connectivity index (χ3v) is 4.13. The lowest BCUT2D eigenvalue weighted by Crippen LogP contribution is -2.28. The number of ether oxygens (including phenoxy) is 2. The number of hydrogen-bond acceptors (Lipinski definition) is 5. The van der Waals surface area contributed by atoms with E-state index in [-0.39, 0.29) is 19.2 Å². The molecule has 0 aliphatic heterocycles. The van der Waals surface area contributed by atoms with Crippen LogP contribution in [0.3, 0.4) is 0 Å². The number of carbonyl (C=O) groups is 2. The molecule has 0 rings (SSSR count). The Labute approximate surface area is 159 Å². The summed E-state index contributed by atoms with van der Waals surface area (Å²) in [5, 5.41) is 9.26. The average Bonchev–Trinajstić information content (AvgIpc) is 2.64. The quantitative estimate of drug-likeness (QED) is 0.228. The van der Waals surface area contributed by atoms with Crippen molar-refractivity contribution in [3.05, 3.63) is 12.2 Å². The molecule has 0 aromatic heterocycles. The van der Waals surface area contributed by atoms with Crippen molar-refractivity contribution in [1.29, 1.82) is 0 Å². The Morgan fingerprint density at radius 2 is 1.54 bits per heavy atom. The molecule has 0 fully saturated rings. The van der Waals surface area contributed by atoms with Gasteiger partial charge >= 0.3 is 11.9 Å². The summed E-state index contributed by atoms with van der Waals surface area (Å²) in [5.41, 5.74) is 0. The highest BCUT2D eigenvalue weighted by Gasteiger charge is 2.15. The molecule has 0 heterocycles. The molecular weight excluding hydrogens is 332 g/mol. The molecule has 0 aromatic rings. The van der Waals surface area contributed by atoms with Crippen molar-refractivity contribution >= 4 is 11.9 Å². The van der Waals surface area contributed by atoms with Gasteiger partial charge in [0.2, 0.25) is 0 Å². The molecule has 0 aliphatic carbocycles. The molecule has 0 radical (unpaired) electrons. The summed E-state index contributed by atoms with van der Waals surface area (Å²) < 4.78 is 10.2. The molecule has 1 N–H and O–H groups in total. The van der Waals surface area contributed by atoms with E-state index in [1.165, 1.54) is 38.2 Å². The van der Waals surface area contributed by atoms with Crippen LogP contribution in [0.2, 0.25) is 0 Å². The summed E-state index contributed by atoms with van der Waals surface area (Å²) in [6.07, 6.45) is 14.8. The van der Waals surface area contributed by atoms with Gasteiger partial charge in [-0.1, -0.05) is 71.3 Å². The Bertz CT molecular complexity index is 379. The lowest BCUT2D eigenvalue weighted by Gasteiger charge is -2.15. The molecule has 5 heteroatoms. The van der Waals surface area contributed by atoms with E-state index >= 15 is 0 Å². The summed E-state index contributed by atoms with van der Waals surface area (Å²) in [7, 11) is 0. The molecular formula is C21H38O5. The Hall–Kier alpha value is -1.36. The molecule has 0 saturated carbocycles. The number of rotatable bonds is 17. The van der Waals surface area contributed by atoms with E-state index in [1.54, 1.807) is 0 Å². The normalized spacial score (nSPS) is 12.3. The maximum Gasteiger partial charge on any atom is 0.330 e. The zero-order valence-electron chi connectivity index (χ0n) is 16.7. The smallest absolute Gasteiger partial charge is 0.330 e. The number of esters is 2. The number of allylic oxidation sites excluding steroid dienone is 1. The van der Waals surface area contributed by atoms with Crippen molar-refractivity contribution in [2.45, 2.75) is 97.0 Å². The third kappa shape index (κ3) is 16.1. The van der Waals surface area contributed by atoms with E-state index in [2.05, 4.69) is 13.8 Å². The average molecular weight is 371 g/mol. The highest BCUT2D eigenvalue weighted by molar-refractivity contribution is 5.81. The molecule has 0 saturated heterocycles. The van der Waals surface area contributed by atoms with Gasteiger partial charge in [0.25, 0.3) is 0 Å². The van der Waals surface area contributed by atoms with Gasteiger partial charge in [0.15, 0.2) is 6.10 Å². The minimum atomic E-state index is -0.787. The lowest BCUT2D eigenvalue weighted by molar-refractivity contribution is -0.159. The first kappa shape index (κ1) is 24.6. The number of aliphatic hydroxyl groups excluding tert-OH is 1. The van der Waals surface area contributed by atoms with E-state index in [1.807, 2.05) is 6.08 Å². The van der Waals surface area contributed by atoms with Crippen molar-refractivity contribution in [2.75, 3.05) is 13.2 Å². The third-order valence-electron chi connectivity index (χ3n) is 4.13. The summed E-state index contributed by atoms with van der Waals surface area (Å²) in [4.78, 5) is 23.3. The van der Waals surface area contributed by atoms with Crippen molar-refractivity contribution < 1.29 is 24.2 Å². The van der Waals surface area contributed by atoms with Crippen LogP contribution in [0.5, 0.6) is 0 Å². The molecule has 0 amide bonds. The van der Waals surface area contributed by atoms with Gasteiger partial charge in [0.1, 0.15) is 6.61 Å². The Morgan fingerprint density at radius 1 is 0.923 bits per heavy atom. The summed E-state index contributed by atoms with van der Waals surface area (Å²) in [6.45, 7) is 3.86. The van der Waals surface area contributed by atoms with E-state index < -0.39 is 12.1 Å². The monoisotopic (exact) mass is 370 g/mol. The summed E-state index contributed by atoms with van der Waals surface area (Å²) in [6, 6.07) is 0. The Morgan fingerprint density at radius 3 is 2.15 bits per heavy atom. The molecule has 0 aromatic carbocycles. The Kier molecular flexibility index (Phi) is 17.5. The van der Waals surface area contributed by atoms with Gasteiger partial charge in [-0.05, 0) is 19.3 Å². The van der Waals surface area contributed by atoms with Gasteiger partial charge in [0, 0.05) is 12.5 Å². The predicted octanol–water partition coefficient (Wildman–Crippen LogP) is 4.71. The fourth-order valence-electron chi connectivity index (χ4n) is 2.51. The fourth-order valence-corrected chi connectivity index (χ4v) is 2.51.